The van der Waals surface area contributed by atoms with Crippen molar-refractivity contribution in [1.82, 2.24) is 29.9 Å². The van der Waals surface area contributed by atoms with E-state index in [2.05, 4.69) is 52.1 Å². The van der Waals surface area contributed by atoms with Gasteiger partial charge in [0.25, 0.3) is 0 Å². The summed E-state index contributed by atoms with van der Waals surface area (Å²) in [5.41, 5.74) is 1.21. The summed E-state index contributed by atoms with van der Waals surface area (Å²) in [4.78, 5) is 0. The van der Waals surface area contributed by atoms with E-state index >= 15 is 0 Å². The molecule has 0 spiro atoms. The van der Waals surface area contributed by atoms with Crippen molar-refractivity contribution in [2.24, 2.45) is 0 Å². The van der Waals surface area contributed by atoms with E-state index in [4.69, 9.17) is 0 Å². The minimum atomic E-state index is 0.189. The molecular weight excluding hydrogens is 252 g/mol. The molecule has 3 rings (SSSR count). The van der Waals surface area contributed by atoms with Crippen LogP contribution < -0.4 is 5.32 Å². The molecule has 108 valence electrons. The van der Waals surface area contributed by atoms with Gasteiger partial charge in [0, 0.05) is 37.3 Å². The molecule has 0 saturated carbocycles. The Kier molecular flexibility index (Phi) is 3.56. The molecule has 0 aromatic carbocycles. The number of nitrogens with zero attached hydrogens (tertiary/aromatic N) is 5. The van der Waals surface area contributed by atoms with Crippen LogP contribution in [0.15, 0.2) is 12.4 Å². The molecule has 2 aromatic rings. The van der Waals surface area contributed by atoms with Crippen molar-refractivity contribution >= 4 is 0 Å². The van der Waals surface area contributed by atoms with E-state index in [0.717, 1.165) is 31.2 Å². The zero-order chi connectivity index (χ0) is 14.1. The first-order valence-electron chi connectivity index (χ1n) is 7.39. The molecule has 1 aliphatic heterocycles. The molecule has 2 unspecified atom stereocenters. The maximum Gasteiger partial charge on any atom is 0.149 e. The molecule has 3 heterocycles. The Morgan fingerprint density at radius 2 is 2.15 bits per heavy atom. The molecule has 0 aliphatic carbocycles. The van der Waals surface area contributed by atoms with Gasteiger partial charge in [0.15, 0.2) is 0 Å². The van der Waals surface area contributed by atoms with Crippen molar-refractivity contribution in [1.29, 1.82) is 0 Å². The topological polar surface area (TPSA) is 60.6 Å². The zero-order valence-corrected chi connectivity index (χ0v) is 12.4. The van der Waals surface area contributed by atoms with Crippen LogP contribution in [0.4, 0.5) is 0 Å². The van der Waals surface area contributed by atoms with Crippen LogP contribution in [0.5, 0.6) is 0 Å². The Bertz CT molecular complexity index is 584. The van der Waals surface area contributed by atoms with E-state index in [0.29, 0.717) is 0 Å². The number of nitrogens with one attached hydrogen (secondary N) is 1. The number of fused-ring (bicyclic) bond motifs is 1. The van der Waals surface area contributed by atoms with Gasteiger partial charge in [-0.2, -0.15) is 5.10 Å². The third-order valence-corrected chi connectivity index (χ3v) is 4.00. The summed E-state index contributed by atoms with van der Waals surface area (Å²) in [6.07, 6.45) is 6.27. The number of aromatic nitrogens is 5. The third-order valence-electron chi connectivity index (χ3n) is 4.00. The van der Waals surface area contributed by atoms with E-state index in [1.807, 2.05) is 10.9 Å². The molecule has 6 nitrogen and oxygen atoms in total. The van der Waals surface area contributed by atoms with Crippen LogP contribution in [0.2, 0.25) is 0 Å². The van der Waals surface area contributed by atoms with E-state index in [1.54, 1.807) is 0 Å². The summed E-state index contributed by atoms with van der Waals surface area (Å²) in [5.74, 6) is 2.17. The van der Waals surface area contributed by atoms with Gasteiger partial charge in [-0.15, -0.1) is 10.2 Å². The molecule has 1 aliphatic rings. The predicted octanol–water partition coefficient (Wildman–Crippen LogP) is 1.85. The summed E-state index contributed by atoms with van der Waals surface area (Å²) >= 11 is 0. The van der Waals surface area contributed by atoms with Crippen molar-refractivity contribution in [2.75, 3.05) is 0 Å². The van der Waals surface area contributed by atoms with Gasteiger partial charge in [0.2, 0.25) is 0 Å². The van der Waals surface area contributed by atoms with Crippen LogP contribution in [0.25, 0.3) is 0 Å². The first kappa shape index (κ1) is 13.3. The zero-order valence-electron chi connectivity index (χ0n) is 12.4. The van der Waals surface area contributed by atoms with Crippen molar-refractivity contribution in [3.8, 4) is 0 Å². The average molecular weight is 274 g/mol. The van der Waals surface area contributed by atoms with E-state index < -0.39 is 0 Å². The lowest BCUT2D eigenvalue weighted by molar-refractivity contribution is 0.459. The van der Waals surface area contributed by atoms with Crippen LogP contribution in [0, 0.1) is 0 Å². The van der Waals surface area contributed by atoms with Gasteiger partial charge in [-0.05, 0) is 27.2 Å². The molecule has 2 atom stereocenters. The standard InChI is InChI=1S/C14H22N6/c1-4-19-9-12(8-15-19)10(2)16-11(3)14-18-17-13-6-5-7-20(13)14/h8-11,16H,4-7H2,1-3H3. The monoisotopic (exact) mass is 274 g/mol. The highest BCUT2D eigenvalue weighted by atomic mass is 15.3. The smallest absolute Gasteiger partial charge is 0.149 e. The second-order valence-corrected chi connectivity index (χ2v) is 5.47. The van der Waals surface area contributed by atoms with Gasteiger partial charge in [-0.3, -0.25) is 4.68 Å². The van der Waals surface area contributed by atoms with Crippen LogP contribution in [-0.4, -0.2) is 24.5 Å². The number of hydrogen-bond acceptors (Lipinski definition) is 4. The highest BCUT2D eigenvalue weighted by molar-refractivity contribution is 5.11. The molecule has 2 aromatic heterocycles. The molecule has 0 fully saturated rings. The number of rotatable bonds is 5. The quantitative estimate of drug-likeness (QED) is 0.904. The Balaban J connectivity index is 1.70. The Morgan fingerprint density at radius 1 is 1.30 bits per heavy atom. The summed E-state index contributed by atoms with van der Waals surface area (Å²) in [7, 11) is 0. The van der Waals surface area contributed by atoms with Gasteiger partial charge in [-0.1, -0.05) is 0 Å². The molecule has 0 amide bonds. The average Bonchev–Trinajstić information content (AvgIpc) is 3.14. The second kappa shape index (κ2) is 5.36. The molecule has 6 heteroatoms. The van der Waals surface area contributed by atoms with Crippen molar-refractivity contribution < 1.29 is 0 Å². The number of hydrogen-bond donors (Lipinski definition) is 1. The van der Waals surface area contributed by atoms with Gasteiger partial charge >= 0.3 is 0 Å². The maximum atomic E-state index is 4.34. The second-order valence-electron chi connectivity index (χ2n) is 5.47. The minimum Gasteiger partial charge on any atom is -0.314 e. The molecule has 1 N–H and O–H groups in total. The fraction of sp³-hybridized carbons (Fsp3) is 0.643. The lowest BCUT2D eigenvalue weighted by Gasteiger charge is -2.18. The SMILES string of the molecule is CCn1cc(C(C)NC(C)c2nnc3n2CCC3)cn1. The normalized spacial score (nSPS) is 17.1. The van der Waals surface area contributed by atoms with E-state index in [9.17, 15) is 0 Å². The Hall–Kier alpha value is -1.69. The van der Waals surface area contributed by atoms with Crippen molar-refractivity contribution in [3.05, 3.63) is 29.6 Å². The molecule has 0 saturated heterocycles. The third kappa shape index (κ3) is 2.35. The van der Waals surface area contributed by atoms with Crippen molar-refractivity contribution in [3.63, 3.8) is 0 Å². The fourth-order valence-corrected chi connectivity index (χ4v) is 2.82. The summed E-state index contributed by atoms with van der Waals surface area (Å²) in [6, 6.07) is 0.439. The van der Waals surface area contributed by atoms with E-state index in [-0.39, 0.29) is 12.1 Å². The van der Waals surface area contributed by atoms with Crippen LogP contribution in [0.1, 0.15) is 56.5 Å². The van der Waals surface area contributed by atoms with Crippen LogP contribution in [0.3, 0.4) is 0 Å². The molecule has 20 heavy (non-hydrogen) atoms. The predicted molar refractivity (Wildman–Crippen MR) is 76.2 cm³/mol. The minimum absolute atomic E-state index is 0.189. The maximum absolute atomic E-state index is 4.34. The largest absolute Gasteiger partial charge is 0.314 e. The molecule has 0 radical (unpaired) electrons. The Morgan fingerprint density at radius 3 is 2.90 bits per heavy atom. The summed E-state index contributed by atoms with van der Waals surface area (Å²) < 4.78 is 4.20. The first-order chi connectivity index (χ1) is 9.69. The highest BCUT2D eigenvalue weighted by Gasteiger charge is 2.22. The lowest BCUT2D eigenvalue weighted by atomic mass is 10.1. The molecule has 0 bridgehead atoms. The van der Waals surface area contributed by atoms with Gasteiger partial charge in [-0.25, -0.2) is 0 Å². The lowest BCUT2D eigenvalue weighted by Crippen LogP contribution is -2.25. The van der Waals surface area contributed by atoms with Gasteiger partial charge < -0.3 is 9.88 Å². The number of aryl methyl sites for hydroxylation is 2. The Labute approximate surface area is 119 Å². The van der Waals surface area contributed by atoms with Crippen molar-refractivity contribution in [2.45, 2.75) is 58.8 Å². The first-order valence-corrected chi connectivity index (χ1v) is 7.39. The summed E-state index contributed by atoms with van der Waals surface area (Å²) in [6.45, 7) is 8.36. The van der Waals surface area contributed by atoms with Gasteiger partial charge in [0.1, 0.15) is 11.6 Å². The van der Waals surface area contributed by atoms with Crippen LogP contribution >= 0.6 is 0 Å². The fourth-order valence-electron chi connectivity index (χ4n) is 2.82. The highest BCUT2D eigenvalue weighted by Crippen LogP contribution is 2.22. The van der Waals surface area contributed by atoms with Gasteiger partial charge in [0.05, 0.1) is 12.2 Å². The summed E-state index contributed by atoms with van der Waals surface area (Å²) in [5, 5.41) is 16.5. The van der Waals surface area contributed by atoms with Crippen LogP contribution in [-0.2, 0) is 19.5 Å². The molecular formula is C14H22N6. The van der Waals surface area contributed by atoms with E-state index in [1.165, 1.54) is 12.0 Å².